The predicted octanol–water partition coefficient (Wildman–Crippen LogP) is 0.609. The molecule has 0 bridgehead atoms. The zero-order valence-electron chi connectivity index (χ0n) is 13.9. The monoisotopic (exact) mass is 354 g/mol. The van der Waals surface area contributed by atoms with Crippen LogP contribution in [0.4, 0.5) is 4.39 Å². The van der Waals surface area contributed by atoms with Gasteiger partial charge in [-0.15, -0.1) is 0 Å². The van der Waals surface area contributed by atoms with Gasteiger partial charge < -0.3 is 9.47 Å². The number of halogens is 1. The maximum absolute atomic E-state index is 12.4. The molecule has 0 aromatic carbocycles. The molecule has 1 aromatic heterocycles. The Hall–Kier alpha value is -2.71. The fourth-order valence-electron chi connectivity index (χ4n) is 2.72. The van der Waals surface area contributed by atoms with Gasteiger partial charge in [-0.05, 0) is 12.5 Å². The number of carbonyl (C=O) groups is 2. The number of aromatic nitrogens is 2. The van der Waals surface area contributed by atoms with Crippen LogP contribution in [0.2, 0.25) is 0 Å². The molecule has 0 amide bonds. The lowest BCUT2D eigenvalue weighted by molar-refractivity contribution is -0.145. The summed E-state index contributed by atoms with van der Waals surface area (Å²) in [5.41, 5.74) is -1.94. The van der Waals surface area contributed by atoms with Crippen LogP contribution in [0.5, 0.6) is 0 Å². The summed E-state index contributed by atoms with van der Waals surface area (Å²) in [6.45, 7) is 2.89. The van der Waals surface area contributed by atoms with Gasteiger partial charge in [-0.3, -0.25) is 23.9 Å². The topological polar surface area (TPSA) is 107 Å². The summed E-state index contributed by atoms with van der Waals surface area (Å²) in [5.74, 6) is -0.980. The lowest BCUT2D eigenvalue weighted by Crippen LogP contribution is -2.35. The van der Waals surface area contributed by atoms with Gasteiger partial charge in [-0.2, -0.15) is 0 Å². The summed E-state index contributed by atoms with van der Waals surface area (Å²) in [4.78, 5) is 47.8. The highest BCUT2D eigenvalue weighted by atomic mass is 19.1. The highest BCUT2D eigenvalue weighted by molar-refractivity contribution is 5.66. The van der Waals surface area contributed by atoms with E-state index in [-0.39, 0.29) is 37.6 Å². The van der Waals surface area contributed by atoms with E-state index < -0.39 is 28.6 Å². The van der Waals surface area contributed by atoms with Crippen LogP contribution in [0.25, 0.3) is 6.08 Å². The Morgan fingerprint density at radius 1 is 1.36 bits per heavy atom. The summed E-state index contributed by atoms with van der Waals surface area (Å²) < 4.78 is 23.7. The lowest BCUT2D eigenvalue weighted by Gasteiger charge is -2.18. The minimum atomic E-state index is -0.698. The van der Waals surface area contributed by atoms with Gasteiger partial charge in [0.15, 0.2) is 0 Å². The molecule has 0 aliphatic heterocycles. The van der Waals surface area contributed by atoms with E-state index in [4.69, 9.17) is 9.47 Å². The molecule has 0 spiro atoms. The van der Waals surface area contributed by atoms with Gasteiger partial charge in [0.05, 0.1) is 25.1 Å². The highest BCUT2D eigenvalue weighted by Gasteiger charge is 2.56. The third-order valence-electron chi connectivity index (χ3n) is 4.18. The molecule has 0 saturated heterocycles. The molecule has 1 aliphatic rings. The van der Waals surface area contributed by atoms with Crippen molar-refractivity contribution >= 4 is 18.0 Å². The van der Waals surface area contributed by atoms with Gasteiger partial charge in [-0.1, -0.05) is 0 Å². The van der Waals surface area contributed by atoms with Gasteiger partial charge in [0.1, 0.15) is 0 Å². The molecule has 1 aliphatic carbocycles. The Balaban J connectivity index is 2.24. The van der Waals surface area contributed by atoms with Crippen molar-refractivity contribution in [3.8, 4) is 0 Å². The van der Waals surface area contributed by atoms with Crippen molar-refractivity contribution in [3.63, 3.8) is 0 Å². The minimum Gasteiger partial charge on any atom is -0.466 e. The number of ether oxygens (including phenoxy) is 2. The number of H-pyrrole nitrogens is 1. The number of hydrogen-bond donors (Lipinski definition) is 1. The maximum atomic E-state index is 12.4. The van der Waals surface area contributed by atoms with Crippen LogP contribution in [-0.2, 0) is 25.6 Å². The van der Waals surface area contributed by atoms with Crippen LogP contribution in [0.15, 0.2) is 22.1 Å². The molecule has 25 heavy (non-hydrogen) atoms. The number of carbonyl (C=O) groups excluding carboxylic acids is 2. The first-order valence-electron chi connectivity index (χ1n) is 7.64. The lowest BCUT2D eigenvalue weighted by atomic mass is 10.1. The van der Waals surface area contributed by atoms with Crippen molar-refractivity contribution in [3.05, 3.63) is 38.9 Å². The van der Waals surface area contributed by atoms with Crippen molar-refractivity contribution in [2.75, 3.05) is 13.2 Å². The van der Waals surface area contributed by atoms with Gasteiger partial charge in [0.25, 0.3) is 5.56 Å². The first kappa shape index (κ1) is 18.6. The van der Waals surface area contributed by atoms with Crippen molar-refractivity contribution in [2.24, 2.45) is 11.3 Å². The fraction of sp³-hybridized carbons (Fsp3) is 0.500. The second kappa shape index (κ2) is 7.45. The van der Waals surface area contributed by atoms with E-state index in [0.717, 1.165) is 6.08 Å². The number of esters is 2. The Bertz CT molecular complexity index is 812. The number of hydrogen-bond acceptors (Lipinski definition) is 6. The van der Waals surface area contributed by atoms with Crippen LogP contribution in [0.3, 0.4) is 0 Å². The summed E-state index contributed by atoms with van der Waals surface area (Å²) >= 11 is 0. The average Bonchev–Trinajstić information content (AvgIpc) is 3.21. The van der Waals surface area contributed by atoms with Crippen LogP contribution in [0, 0.1) is 11.3 Å². The Morgan fingerprint density at radius 3 is 2.64 bits per heavy atom. The SMILES string of the molecule is CC(=O)OCC1CC1(COC(C)=O)Cn1cc(C=CF)c(=O)[nH]c1=O. The Morgan fingerprint density at radius 2 is 2.04 bits per heavy atom. The zero-order valence-corrected chi connectivity index (χ0v) is 13.9. The molecule has 1 aromatic rings. The first-order valence-corrected chi connectivity index (χ1v) is 7.64. The molecule has 1 heterocycles. The van der Waals surface area contributed by atoms with E-state index >= 15 is 0 Å². The maximum Gasteiger partial charge on any atom is 0.328 e. The molecule has 1 saturated carbocycles. The molecule has 0 radical (unpaired) electrons. The van der Waals surface area contributed by atoms with E-state index in [9.17, 15) is 23.6 Å². The highest BCUT2D eigenvalue weighted by Crippen LogP contribution is 2.54. The molecule has 2 rings (SSSR count). The van der Waals surface area contributed by atoms with Crippen LogP contribution in [0.1, 0.15) is 25.8 Å². The predicted molar refractivity (Wildman–Crippen MR) is 85.3 cm³/mol. The van der Waals surface area contributed by atoms with E-state index in [1.54, 1.807) is 0 Å². The van der Waals surface area contributed by atoms with E-state index in [1.807, 2.05) is 0 Å². The van der Waals surface area contributed by atoms with Gasteiger partial charge in [0.2, 0.25) is 0 Å². The number of rotatable bonds is 7. The molecule has 2 atom stereocenters. The second-order valence-electron chi connectivity index (χ2n) is 6.11. The third-order valence-corrected chi connectivity index (χ3v) is 4.18. The number of nitrogens with zero attached hydrogens (tertiary/aromatic N) is 1. The molecule has 136 valence electrons. The number of nitrogens with one attached hydrogen (secondary N) is 1. The van der Waals surface area contributed by atoms with Crippen LogP contribution >= 0.6 is 0 Å². The van der Waals surface area contributed by atoms with Crippen LogP contribution < -0.4 is 11.2 Å². The summed E-state index contributed by atoms with van der Waals surface area (Å²) in [5, 5.41) is 0. The van der Waals surface area contributed by atoms with Gasteiger partial charge in [-0.25, -0.2) is 9.18 Å². The third kappa shape index (κ3) is 4.65. The second-order valence-corrected chi connectivity index (χ2v) is 6.11. The molecule has 9 heteroatoms. The van der Waals surface area contributed by atoms with Gasteiger partial charge >= 0.3 is 17.6 Å². The van der Waals surface area contributed by atoms with Gasteiger partial charge in [0, 0.05) is 37.9 Å². The summed E-state index contributed by atoms with van der Waals surface area (Å²) in [6, 6.07) is 0. The first-order chi connectivity index (χ1) is 11.8. The van der Waals surface area contributed by atoms with E-state index in [1.165, 1.54) is 24.6 Å². The summed E-state index contributed by atoms with van der Waals surface area (Å²) in [7, 11) is 0. The van der Waals surface area contributed by atoms with E-state index in [0.29, 0.717) is 6.42 Å². The largest absolute Gasteiger partial charge is 0.466 e. The Kier molecular flexibility index (Phi) is 5.55. The van der Waals surface area contributed by atoms with Crippen molar-refractivity contribution < 1.29 is 23.5 Å². The molecule has 1 fully saturated rings. The molecular formula is C16H19FN2O6. The van der Waals surface area contributed by atoms with Crippen molar-refractivity contribution in [2.45, 2.75) is 26.8 Å². The fourth-order valence-corrected chi connectivity index (χ4v) is 2.72. The normalized spacial score (nSPS) is 22.0. The minimum absolute atomic E-state index is 0.0121. The molecule has 8 nitrogen and oxygen atoms in total. The Labute approximate surface area is 142 Å². The summed E-state index contributed by atoms with van der Waals surface area (Å²) in [6.07, 6.45) is 2.97. The smallest absolute Gasteiger partial charge is 0.328 e. The standard InChI is InChI=1S/C16H19FN2O6/c1-10(20)24-7-13-5-16(13,9-25-11(2)21)8-19-6-12(3-4-17)14(22)18-15(19)23/h3-4,6,13H,5,7-9H2,1-2H3,(H,18,22,23). The molecule has 1 N–H and O–H groups in total. The average molecular weight is 354 g/mol. The van der Waals surface area contributed by atoms with Crippen molar-refractivity contribution in [1.82, 2.24) is 9.55 Å². The molecular weight excluding hydrogens is 335 g/mol. The quantitative estimate of drug-likeness (QED) is 0.719. The number of aromatic amines is 1. The zero-order chi connectivity index (χ0) is 18.6. The molecule has 2 unspecified atom stereocenters. The van der Waals surface area contributed by atoms with Crippen LogP contribution in [-0.4, -0.2) is 34.7 Å². The van der Waals surface area contributed by atoms with Crippen molar-refractivity contribution in [1.29, 1.82) is 0 Å². The van der Waals surface area contributed by atoms with E-state index in [2.05, 4.69) is 4.98 Å².